The Labute approximate surface area is 136 Å². The Morgan fingerprint density at radius 2 is 1.82 bits per heavy atom. The van der Waals surface area contributed by atoms with E-state index < -0.39 is 5.41 Å². The summed E-state index contributed by atoms with van der Waals surface area (Å²) in [6.45, 7) is 5.06. The number of benzene rings is 1. The van der Waals surface area contributed by atoms with Crippen molar-refractivity contribution < 1.29 is 9.59 Å². The van der Waals surface area contributed by atoms with Crippen molar-refractivity contribution in [3.05, 3.63) is 35.9 Å². The second-order valence-corrected chi connectivity index (χ2v) is 6.69. The van der Waals surface area contributed by atoms with Crippen LogP contribution in [-0.4, -0.2) is 41.7 Å². The molecule has 4 nitrogen and oxygen atoms in total. The van der Waals surface area contributed by atoms with Gasteiger partial charge in [-0.2, -0.15) is 0 Å². The molecule has 1 heterocycles. The summed E-state index contributed by atoms with van der Waals surface area (Å²) in [4.78, 5) is 26.3. The van der Waals surface area contributed by atoms with Crippen LogP contribution in [0.25, 0.3) is 0 Å². The summed E-state index contributed by atoms with van der Waals surface area (Å²) in [6, 6.07) is 9.32. The topological polar surface area (TPSA) is 49.4 Å². The van der Waals surface area contributed by atoms with Gasteiger partial charge in [0.1, 0.15) is 0 Å². The average molecular weight is 323 g/mol. The predicted octanol–water partition coefficient (Wildman–Crippen LogP) is 2.67. The molecule has 0 aromatic heterocycles. The summed E-state index contributed by atoms with van der Waals surface area (Å²) in [5.41, 5.74) is 0.145. The van der Waals surface area contributed by atoms with Gasteiger partial charge in [0.2, 0.25) is 5.91 Å². The lowest BCUT2D eigenvalue weighted by Crippen LogP contribution is -2.50. The fourth-order valence-electron chi connectivity index (χ4n) is 2.57. The summed E-state index contributed by atoms with van der Waals surface area (Å²) >= 11 is 5.87. The van der Waals surface area contributed by atoms with Crippen molar-refractivity contribution in [2.24, 2.45) is 5.41 Å². The molecule has 5 heteroatoms. The highest BCUT2D eigenvalue weighted by molar-refractivity contribution is 6.19. The van der Waals surface area contributed by atoms with Crippen molar-refractivity contribution in [3.8, 4) is 0 Å². The third-order valence-corrected chi connectivity index (χ3v) is 4.73. The molecule has 1 aromatic carbocycles. The number of hydrogen-bond acceptors (Lipinski definition) is 2. The minimum absolute atomic E-state index is 0.0496. The largest absolute Gasteiger partial charge is 0.349 e. The molecular weight excluding hydrogens is 300 g/mol. The molecule has 0 radical (unpaired) electrons. The molecule has 0 atom stereocenters. The van der Waals surface area contributed by atoms with Gasteiger partial charge in [-0.1, -0.05) is 18.2 Å². The SMILES string of the molecule is CC(C)(CCl)C(=O)N1CCC(NC(=O)c2ccccc2)CC1. The number of carbonyl (C=O) groups excluding carboxylic acids is 2. The van der Waals surface area contributed by atoms with Crippen molar-refractivity contribution in [1.82, 2.24) is 10.2 Å². The molecule has 1 fully saturated rings. The van der Waals surface area contributed by atoms with Crippen LogP contribution in [0.4, 0.5) is 0 Å². The van der Waals surface area contributed by atoms with E-state index in [1.165, 1.54) is 0 Å². The number of halogens is 1. The third-order valence-electron chi connectivity index (χ3n) is 4.07. The first kappa shape index (κ1) is 16.8. The number of nitrogens with one attached hydrogen (secondary N) is 1. The Morgan fingerprint density at radius 3 is 2.36 bits per heavy atom. The van der Waals surface area contributed by atoms with Crippen molar-refractivity contribution in [2.45, 2.75) is 32.7 Å². The van der Waals surface area contributed by atoms with Crippen LogP contribution in [0.3, 0.4) is 0 Å². The minimum Gasteiger partial charge on any atom is -0.349 e. The lowest BCUT2D eigenvalue weighted by atomic mass is 9.92. The van der Waals surface area contributed by atoms with E-state index in [-0.39, 0.29) is 17.9 Å². The number of hydrogen-bond donors (Lipinski definition) is 1. The minimum atomic E-state index is -0.526. The van der Waals surface area contributed by atoms with Crippen molar-refractivity contribution in [1.29, 1.82) is 0 Å². The average Bonchev–Trinajstić information content (AvgIpc) is 2.55. The summed E-state index contributed by atoms with van der Waals surface area (Å²) in [5.74, 6) is 0.359. The maximum absolute atomic E-state index is 12.4. The van der Waals surface area contributed by atoms with Gasteiger partial charge in [0.05, 0.1) is 5.41 Å². The first-order valence-corrected chi connectivity index (χ1v) is 8.19. The summed E-state index contributed by atoms with van der Waals surface area (Å²) in [6.07, 6.45) is 1.56. The highest BCUT2D eigenvalue weighted by atomic mass is 35.5. The molecule has 0 unspecified atom stereocenters. The zero-order valence-electron chi connectivity index (χ0n) is 13.1. The number of likely N-dealkylation sites (tertiary alicyclic amines) is 1. The molecule has 2 amide bonds. The molecule has 0 aliphatic carbocycles. The summed E-state index contributed by atoms with van der Waals surface area (Å²) in [7, 11) is 0. The number of alkyl halides is 1. The van der Waals surface area contributed by atoms with E-state index in [9.17, 15) is 9.59 Å². The molecular formula is C17H23ClN2O2. The number of piperidine rings is 1. The van der Waals surface area contributed by atoms with Crippen LogP contribution in [-0.2, 0) is 4.79 Å². The molecule has 22 heavy (non-hydrogen) atoms. The van der Waals surface area contributed by atoms with Crippen LogP contribution < -0.4 is 5.32 Å². The second kappa shape index (κ2) is 7.14. The monoisotopic (exact) mass is 322 g/mol. The molecule has 0 bridgehead atoms. The quantitative estimate of drug-likeness (QED) is 0.866. The fraction of sp³-hybridized carbons (Fsp3) is 0.529. The van der Waals surface area contributed by atoms with Gasteiger partial charge in [0.15, 0.2) is 0 Å². The molecule has 0 spiro atoms. The fourth-order valence-corrected chi connectivity index (χ4v) is 2.68. The van der Waals surface area contributed by atoms with Crippen LogP contribution in [0, 0.1) is 5.41 Å². The zero-order valence-corrected chi connectivity index (χ0v) is 13.9. The predicted molar refractivity (Wildman–Crippen MR) is 88.0 cm³/mol. The Balaban J connectivity index is 1.85. The van der Waals surface area contributed by atoms with Crippen LogP contribution in [0.1, 0.15) is 37.0 Å². The molecule has 1 aliphatic rings. The molecule has 1 aromatic rings. The number of amides is 2. The Hall–Kier alpha value is -1.55. The normalized spacial score (nSPS) is 16.4. The standard InChI is InChI=1S/C17H23ClN2O2/c1-17(2,12-18)16(22)20-10-8-14(9-11-20)19-15(21)13-6-4-3-5-7-13/h3-7,14H,8-12H2,1-2H3,(H,19,21). The van der Waals surface area contributed by atoms with Crippen LogP contribution in [0.2, 0.25) is 0 Å². The number of nitrogens with zero attached hydrogens (tertiary/aromatic N) is 1. The molecule has 1 aliphatic heterocycles. The van der Waals surface area contributed by atoms with Gasteiger partial charge in [-0.15, -0.1) is 11.6 Å². The van der Waals surface area contributed by atoms with E-state index in [1.807, 2.05) is 36.9 Å². The molecule has 1 N–H and O–H groups in total. The van der Waals surface area contributed by atoms with Gasteiger partial charge in [-0.25, -0.2) is 0 Å². The van der Waals surface area contributed by atoms with Gasteiger partial charge >= 0.3 is 0 Å². The third kappa shape index (κ3) is 4.01. The Kier molecular flexibility index (Phi) is 5.46. The van der Waals surface area contributed by atoms with Crippen molar-refractivity contribution in [3.63, 3.8) is 0 Å². The number of rotatable bonds is 4. The van der Waals surface area contributed by atoms with E-state index in [2.05, 4.69) is 5.32 Å². The molecule has 0 saturated carbocycles. The van der Waals surface area contributed by atoms with Crippen LogP contribution >= 0.6 is 11.6 Å². The van der Waals surface area contributed by atoms with E-state index in [0.717, 1.165) is 12.8 Å². The first-order valence-electron chi connectivity index (χ1n) is 7.65. The van der Waals surface area contributed by atoms with E-state index in [1.54, 1.807) is 12.1 Å². The van der Waals surface area contributed by atoms with Gasteiger partial charge in [-0.05, 0) is 38.8 Å². The molecule has 1 saturated heterocycles. The second-order valence-electron chi connectivity index (χ2n) is 6.42. The maximum atomic E-state index is 12.4. The van der Waals surface area contributed by atoms with E-state index >= 15 is 0 Å². The van der Waals surface area contributed by atoms with Crippen molar-refractivity contribution >= 4 is 23.4 Å². The summed E-state index contributed by atoms with van der Waals surface area (Å²) in [5, 5.41) is 3.04. The van der Waals surface area contributed by atoms with Gasteiger partial charge < -0.3 is 10.2 Å². The lowest BCUT2D eigenvalue weighted by Gasteiger charge is -2.36. The zero-order chi connectivity index (χ0) is 16.2. The maximum Gasteiger partial charge on any atom is 0.251 e. The highest BCUT2D eigenvalue weighted by Gasteiger charge is 2.33. The molecule has 120 valence electrons. The van der Waals surface area contributed by atoms with E-state index in [0.29, 0.717) is 24.5 Å². The first-order chi connectivity index (χ1) is 10.4. The summed E-state index contributed by atoms with van der Waals surface area (Å²) < 4.78 is 0. The van der Waals surface area contributed by atoms with Crippen molar-refractivity contribution in [2.75, 3.05) is 19.0 Å². The number of carbonyl (C=O) groups is 2. The van der Waals surface area contributed by atoms with Crippen LogP contribution in [0.15, 0.2) is 30.3 Å². The Morgan fingerprint density at radius 1 is 1.23 bits per heavy atom. The van der Waals surface area contributed by atoms with Gasteiger partial charge in [0, 0.05) is 30.6 Å². The highest BCUT2D eigenvalue weighted by Crippen LogP contribution is 2.23. The van der Waals surface area contributed by atoms with Gasteiger partial charge in [-0.3, -0.25) is 9.59 Å². The van der Waals surface area contributed by atoms with Gasteiger partial charge in [0.25, 0.3) is 5.91 Å². The molecule has 2 rings (SSSR count). The Bertz CT molecular complexity index is 523. The van der Waals surface area contributed by atoms with Crippen LogP contribution in [0.5, 0.6) is 0 Å². The van der Waals surface area contributed by atoms with E-state index in [4.69, 9.17) is 11.6 Å². The smallest absolute Gasteiger partial charge is 0.251 e. The lowest BCUT2D eigenvalue weighted by molar-refractivity contribution is -0.140.